The van der Waals surface area contributed by atoms with Gasteiger partial charge < -0.3 is 9.84 Å². The van der Waals surface area contributed by atoms with Crippen LogP contribution in [0.5, 0.6) is 5.75 Å². The van der Waals surface area contributed by atoms with E-state index < -0.39 is 5.97 Å². The Kier molecular flexibility index (Phi) is 2.98. The zero-order chi connectivity index (χ0) is 11.7. The molecule has 6 heteroatoms. The van der Waals surface area contributed by atoms with E-state index in [0.717, 1.165) is 0 Å². The minimum Gasteiger partial charge on any atom is -0.505 e. The highest BCUT2D eigenvalue weighted by molar-refractivity contribution is 7.23. The summed E-state index contributed by atoms with van der Waals surface area (Å²) in [6, 6.07) is 1.64. The Morgan fingerprint density at radius 2 is 2.44 bits per heavy atom. The molecule has 0 bridgehead atoms. The van der Waals surface area contributed by atoms with Gasteiger partial charge in [0, 0.05) is 6.20 Å². The number of nitrogens with zero attached hydrogens (tertiary/aromatic N) is 1. The zero-order valence-corrected chi connectivity index (χ0v) is 9.93. The van der Waals surface area contributed by atoms with Gasteiger partial charge in [0.25, 0.3) is 0 Å². The summed E-state index contributed by atoms with van der Waals surface area (Å²) in [7, 11) is 0. The molecule has 0 aliphatic heterocycles. The van der Waals surface area contributed by atoms with E-state index in [1.165, 1.54) is 17.5 Å². The average Bonchev–Trinajstić information content (AvgIpc) is 2.60. The fraction of sp³-hybridized carbons (Fsp3) is 0.200. The molecule has 0 amide bonds. The van der Waals surface area contributed by atoms with Crippen molar-refractivity contribution in [2.45, 2.75) is 6.92 Å². The average molecular weight is 258 g/mol. The van der Waals surface area contributed by atoms with E-state index in [1.54, 1.807) is 13.0 Å². The van der Waals surface area contributed by atoms with Crippen molar-refractivity contribution in [3.8, 4) is 5.75 Å². The largest absolute Gasteiger partial charge is 0.505 e. The lowest BCUT2D eigenvalue weighted by Crippen LogP contribution is -2.05. The van der Waals surface area contributed by atoms with E-state index >= 15 is 0 Å². The minimum absolute atomic E-state index is 0.0628. The molecule has 0 aliphatic carbocycles. The lowest BCUT2D eigenvalue weighted by Gasteiger charge is -2.03. The Hall–Kier alpha value is -1.33. The Labute approximate surface area is 100 Å². The molecule has 2 rings (SSSR count). The highest BCUT2D eigenvalue weighted by atomic mass is 35.5. The molecule has 4 nitrogen and oxygen atoms in total. The van der Waals surface area contributed by atoms with E-state index in [1.807, 2.05) is 0 Å². The summed E-state index contributed by atoms with van der Waals surface area (Å²) in [5.74, 6) is -0.709. The maximum Gasteiger partial charge on any atom is 0.343 e. The SMILES string of the molecule is CCOC(=O)c1cnc2cc(Cl)sc2c1O. The summed E-state index contributed by atoms with van der Waals surface area (Å²) < 4.78 is 5.81. The standard InChI is InChI=1S/C10H8ClNO3S/c1-2-15-10(14)5-4-12-6-3-7(11)16-9(6)8(5)13/h3-4H,2H2,1H3,(H,12,13). The molecular weight excluding hydrogens is 250 g/mol. The topological polar surface area (TPSA) is 59.4 Å². The van der Waals surface area contributed by atoms with Gasteiger partial charge in [0.15, 0.2) is 5.75 Å². The number of ether oxygens (including phenoxy) is 1. The van der Waals surface area contributed by atoms with Crippen molar-refractivity contribution in [3.63, 3.8) is 0 Å². The number of thiophene rings is 1. The molecule has 0 spiro atoms. The molecule has 1 N–H and O–H groups in total. The van der Waals surface area contributed by atoms with Gasteiger partial charge >= 0.3 is 5.97 Å². The van der Waals surface area contributed by atoms with Crippen LogP contribution in [0.4, 0.5) is 0 Å². The van der Waals surface area contributed by atoms with E-state index in [4.69, 9.17) is 16.3 Å². The molecule has 0 unspecified atom stereocenters. The lowest BCUT2D eigenvalue weighted by molar-refractivity contribution is 0.0523. The number of aromatic hydroxyl groups is 1. The minimum atomic E-state index is -0.584. The number of carbonyl (C=O) groups excluding carboxylic acids is 1. The predicted molar refractivity (Wildman–Crippen MR) is 62.3 cm³/mol. The number of carbonyl (C=O) groups is 1. The fourth-order valence-electron chi connectivity index (χ4n) is 1.29. The molecule has 16 heavy (non-hydrogen) atoms. The van der Waals surface area contributed by atoms with Crippen molar-refractivity contribution < 1.29 is 14.6 Å². The number of rotatable bonds is 2. The second kappa shape index (κ2) is 4.27. The van der Waals surface area contributed by atoms with Crippen LogP contribution in [0, 0.1) is 0 Å². The molecule has 0 radical (unpaired) electrons. The first kappa shape index (κ1) is 11.2. The molecule has 2 aromatic rings. The molecular formula is C10H8ClNO3S. The summed E-state index contributed by atoms with van der Waals surface area (Å²) >= 11 is 6.97. The first-order valence-corrected chi connectivity index (χ1v) is 5.77. The summed E-state index contributed by atoms with van der Waals surface area (Å²) in [5.41, 5.74) is 0.633. The number of aromatic nitrogens is 1. The molecule has 2 aromatic heterocycles. The Morgan fingerprint density at radius 3 is 3.12 bits per heavy atom. The van der Waals surface area contributed by atoms with Gasteiger partial charge in [-0.15, -0.1) is 11.3 Å². The van der Waals surface area contributed by atoms with Gasteiger partial charge in [0.2, 0.25) is 0 Å². The third kappa shape index (κ3) is 1.83. The van der Waals surface area contributed by atoms with Gasteiger partial charge in [-0.25, -0.2) is 4.79 Å². The molecule has 0 aromatic carbocycles. The third-order valence-corrected chi connectivity index (χ3v) is 3.24. The molecule has 2 heterocycles. The number of pyridine rings is 1. The maximum atomic E-state index is 11.5. The van der Waals surface area contributed by atoms with Crippen molar-refractivity contribution in [2.24, 2.45) is 0 Å². The normalized spacial score (nSPS) is 10.6. The summed E-state index contributed by atoms with van der Waals surface area (Å²) in [4.78, 5) is 15.5. The van der Waals surface area contributed by atoms with Crippen LogP contribution in [0.2, 0.25) is 4.34 Å². The molecule has 0 saturated carbocycles. The zero-order valence-electron chi connectivity index (χ0n) is 8.36. The maximum absolute atomic E-state index is 11.5. The van der Waals surface area contributed by atoms with Crippen molar-refractivity contribution in [1.29, 1.82) is 0 Å². The van der Waals surface area contributed by atoms with Gasteiger partial charge in [-0.3, -0.25) is 4.98 Å². The van der Waals surface area contributed by atoms with Gasteiger partial charge in [0.05, 0.1) is 21.2 Å². The van der Waals surface area contributed by atoms with Crippen LogP contribution in [0.25, 0.3) is 10.2 Å². The van der Waals surface area contributed by atoms with Gasteiger partial charge in [0.1, 0.15) is 5.56 Å². The van der Waals surface area contributed by atoms with Crippen molar-refractivity contribution in [1.82, 2.24) is 4.98 Å². The predicted octanol–water partition coefficient (Wildman–Crippen LogP) is 2.83. The monoisotopic (exact) mass is 257 g/mol. The fourth-order valence-corrected chi connectivity index (χ4v) is 2.42. The van der Waals surface area contributed by atoms with Crippen molar-refractivity contribution >= 4 is 39.1 Å². The number of hydrogen-bond donors (Lipinski definition) is 1. The van der Waals surface area contributed by atoms with E-state index in [2.05, 4.69) is 4.98 Å². The van der Waals surface area contributed by atoms with Crippen molar-refractivity contribution in [2.75, 3.05) is 6.61 Å². The van der Waals surface area contributed by atoms with Crippen LogP contribution < -0.4 is 0 Å². The van der Waals surface area contributed by atoms with Gasteiger partial charge in [-0.2, -0.15) is 0 Å². The number of esters is 1. The lowest BCUT2D eigenvalue weighted by atomic mass is 10.2. The van der Waals surface area contributed by atoms with Crippen LogP contribution in [0.15, 0.2) is 12.3 Å². The summed E-state index contributed by atoms with van der Waals surface area (Å²) in [5, 5.41) is 9.87. The van der Waals surface area contributed by atoms with Gasteiger partial charge in [-0.1, -0.05) is 11.6 Å². The van der Waals surface area contributed by atoms with Crippen LogP contribution in [-0.2, 0) is 4.74 Å². The molecule has 84 valence electrons. The van der Waals surface area contributed by atoms with E-state index in [-0.39, 0.29) is 17.9 Å². The first-order valence-electron chi connectivity index (χ1n) is 4.57. The smallest absolute Gasteiger partial charge is 0.343 e. The van der Waals surface area contributed by atoms with Crippen LogP contribution in [0.3, 0.4) is 0 Å². The first-order chi connectivity index (χ1) is 7.63. The Morgan fingerprint density at radius 1 is 1.69 bits per heavy atom. The quantitative estimate of drug-likeness (QED) is 0.841. The second-order valence-corrected chi connectivity index (χ2v) is 4.69. The number of hydrogen-bond acceptors (Lipinski definition) is 5. The van der Waals surface area contributed by atoms with Gasteiger partial charge in [-0.05, 0) is 13.0 Å². The van der Waals surface area contributed by atoms with Crippen molar-refractivity contribution in [3.05, 3.63) is 22.2 Å². The van der Waals surface area contributed by atoms with Crippen LogP contribution in [0.1, 0.15) is 17.3 Å². The number of fused-ring (bicyclic) bond motifs is 1. The second-order valence-electron chi connectivity index (χ2n) is 3.01. The highest BCUT2D eigenvalue weighted by Gasteiger charge is 2.17. The summed E-state index contributed by atoms with van der Waals surface area (Å²) in [6.45, 7) is 1.95. The van der Waals surface area contributed by atoms with Crippen LogP contribution in [-0.4, -0.2) is 22.7 Å². The van der Waals surface area contributed by atoms with Crippen LogP contribution >= 0.6 is 22.9 Å². The molecule has 0 fully saturated rings. The van der Waals surface area contributed by atoms with E-state index in [9.17, 15) is 9.90 Å². The number of halogens is 1. The molecule has 0 atom stereocenters. The Balaban J connectivity index is 2.55. The molecule has 0 aliphatic rings. The summed E-state index contributed by atoms with van der Waals surface area (Å²) in [6.07, 6.45) is 1.29. The van der Waals surface area contributed by atoms with E-state index in [0.29, 0.717) is 14.6 Å². The molecule has 0 saturated heterocycles. The Bertz CT molecular complexity index is 552. The third-order valence-electron chi connectivity index (χ3n) is 1.98. The highest BCUT2D eigenvalue weighted by Crippen LogP contribution is 2.36.